The van der Waals surface area contributed by atoms with Gasteiger partial charge in [0.1, 0.15) is 0 Å². The molecule has 0 spiro atoms. The van der Waals surface area contributed by atoms with E-state index in [1.165, 1.54) is 0 Å². The number of aryl methyl sites for hydroxylation is 1. The highest BCUT2D eigenvalue weighted by molar-refractivity contribution is 7.98. The van der Waals surface area contributed by atoms with E-state index in [4.69, 9.17) is 0 Å². The fourth-order valence-electron chi connectivity index (χ4n) is 1.89. The Bertz CT molecular complexity index is 474. The van der Waals surface area contributed by atoms with Gasteiger partial charge in [0.15, 0.2) is 0 Å². The third-order valence-corrected chi connectivity index (χ3v) is 3.47. The molecule has 2 N–H and O–H groups in total. The summed E-state index contributed by atoms with van der Waals surface area (Å²) in [5.41, 5.74) is 2.52. The lowest BCUT2D eigenvalue weighted by atomic mass is 10.00. The molecular formula is C13H16N2O2S. The van der Waals surface area contributed by atoms with E-state index in [1.54, 1.807) is 23.9 Å². The molecule has 0 unspecified atom stereocenters. The van der Waals surface area contributed by atoms with E-state index in [0.29, 0.717) is 24.9 Å². The van der Waals surface area contributed by atoms with Gasteiger partial charge < -0.3 is 10.6 Å². The number of thioether (sulfide) groups is 1. The van der Waals surface area contributed by atoms with Crippen molar-refractivity contribution >= 4 is 29.3 Å². The molecule has 5 heteroatoms. The first-order chi connectivity index (χ1) is 8.70. The van der Waals surface area contributed by atoms with Crippen LogP contribution in [0.3, 0.4) is 0 Å². The van der Waals surface area contributed by atoms with Gasteiger partial charge in [-0.3, -0.25) is 9.59 Å². The highest BCUT2D eigenvalue weighted by Crippen LogP contribution is 2.23. The lowest BCUT2D eigenvalue weighted by Gasteiger charge is -2.17. The maximum Gasteiger partial charge on any atom is 0.251 e. The Kier molecular flexibility index (Phi) is 4.25. The summed E-state index contributed by atoms with van der Waals surface area (Å²) in [7, 11) is 0. The molecule has 0 saturated carbocycles. The van der Waals surface area contributed by atoms with Gasteiger partial charge in [-0.2, -0.15) is 11.8 Å². The number of amides is 2. The second-order valence-electron chi connectivity index (χ2n) is 4.17. The van der Waals surface area contributed by atoms with Crippen molar-refractivity contribution in [2.24, 2.45) is 0 Å². The van der Waals surface area contributed by atoms with Crippen LogP contribution in [0.25, 0.3) is 0 Å². The molecule has 0 radical (unpaired) electrons. The van der Waals surface area contributed by atoms with Crippen molar-refractivity contribution in [3.63, 3.8) is 0 Å². The Hall–Kier alpha value is -1.49. The van der Waals surface area contributed by atoms with E-state index >= 15 is 0 Å². The summed E-state index contributed by atoms with van der Waals surface area (Å²) < 4.78 is 0. The van der Waals surface area contributed by atoms with E-state index in [-0.39, 0.29) is 11.8 Å². The molecule has 0 bridgehead atoms. The number of anilines is 1. The number of carbonyl (C=O) groups is 2. The Labute approximate surface area is 111 Å². The fraction of sp³-hybridized carbons (Fsp3) is 0.385. The van der Waals surface area contributed by atoms with Crippen LogP contribution in [0.1, 0.15) is 22.3 Å². The number of benzene rings is 1. The van der Waals surface area contributed by atoms with Crippen molar-refractivity contribution in [1.82, 2.24) is 5.32 Å². The van der Waals surface area contributed by atoms with Crippen LogP contribution in [0, 0.1) is 0 Å². The van der Waals surface area contributed by atoms with Gasteiger partial charge in [-0.15, -0.1) is 0 Å². The van der Waals surface area contributed by atoms with Crippen LogP contribution in [0.2, 0.25) is 0 Å². The third-order valence-electron chi connectivity index (χ3n) is 2.85. The molecule has 4 nitrogen and oxygen atoms in total. The Morgan fingerprint density at radius 1 is 1.44 bits per heavy atom. The van der Waals surface area contributed by atoms with Crippen molar-refractivity contribution < 1.29 is 9.59 Å². The minimum absolute atomic E-state index is 0.0414. The van der Waals surface area contributed by atoms with Crippen molar-refractivity contribution in [3.8, 4) is 0 Å². The van der Waals surface area contributed by atoms with Gasteiger partial charge in [-0.25, -0.2) is 0 Å². The van der Waals surface area contributed by atoms with Crippen molar-refractivity contribution in [2.75, 3.05) is 23.9 Å². The Morgan fingerprint density at radius 2 is 2.28 bits per heavy atom. The first-order valence-corrected chi connectivity index (χ1v) is 7.30. The molecule has 1 aliphatic heterocycles. The average Bonchev–Trinajstić information content (AvgIpc) is 2.38. The van der Waals surface area contributed by atoms with Gasteiger partial charge >= 0.3 is 0 Å². The van der Waals surface area contributed by atoms with Gasteiger partial charge in [0.05, 0.1) is 0 Å². The number of hydrogen-bond donors (Lipinski definition) is 2. The summed E-state index contributed by atoms with van der Waals surface area (Å²) in [4.78, 5) is 23.1. The quantitative estimate of drug-likeness (QED) is 0.813. The number of rotatable bonds is 4. The number of carbonyl (C=O) groups excluding carboxylic acids is 2. The van der Waals surface area contributed by atoms with Crippen LogP contribution in [0.15, 0.2) is 18.2 Å². The largest absolute Gasteiger partial charge is 0.351 e. The van der Waals surface area contributed by atoms with Crippen molar-refractivity contribution in [3.05, 3.63) is 29.3 Å². The summed E-state index contributed by atoms with van der Waals surface area (Å²) >= 11 is 1.70. The van der Waals surface area contributed by atoms with Gasteiger partial charge in [-0.05, 0) is 36.4 Å². The van der Waals surface area contributed by atoms with Crippen LogP contribution in [0.4, 0.5) is 5.69 Å². The average molecular weight is 264 g/mol. The number of nitrogens with one attached hydrogen (secondary N) is 2. The highest BCUT2D eigenvalue weighted by Gasteiger charge is 2.16. The van der Waals surface area contributed by atoms with E-state index < -0.39 is 0 Å². The van der Waals surface area contributed by atoms with Gasteiger partial charge in [0.2, 0.25) is 5.91 Å². The maximum atomic E-state index is 11.9. The second-order valence-corrected chi connectivity index (χ2v) is 5.15. The molecule has 0 atom stereocenters. The van der Waals surface area contributed by atoms with Gasteiger partial charge in [-0.1, -0.05) is 0 Å². The standard InChI is InChI=1S/C13H16N2O2S/c1-18-7-6-14-13(17)10-2-4-11-9(8-10)3-5-12(16)15-11/h2,4,8H,3,5-7H2,1H3,(H,14,17)(H,15,16). The van der Waals surface area contributed by atoms with E-state index in [0.717, 1.165) is 17.0 Å². The van der Waals surface area contributed by atoms with Crippen LogP contribution in [-0.4, -0.2) is 30.4 Å². The third kappa shape index (κ3) is 3.04. The zero-order valence-electron chi connectivity index (χ0n) is 10.3. The summed E-state index contributed by atoms with van der Waals surface area (Å²) in [5, 5.41) is 5.67. The van der Waals surface area contributed by atoms with Gasteiger partial charge in [0, 0.05) is 30.0 Å². The molecule has 18 heavy (non-hydrogen) atoms. The Balaban J connectivity index is 2.06. The zero-order chi connectivity index (χ0) is 13.0. The van der Waals surface area contributed by atoms with Crippen LogP contribution in [0.5, 0.6) is 0 Å². The molecule has 2 rings (SSSR count). The highest BCUT2D eigenvalue weighted by atomic mass is 32.2. The predicted molar refractivity (Wildman–Crippen MR) is 74.1 cm³/mol. The minimum Gasteiger partial charge on any atom is -0.351 e. The summed E-state index contributed by atoms with van der Waals surface area (Å²) in [6, 6.07) is 5.41. The first kappa shape index (κ1) is 13.0. The smallest absolute Gasteiger partial charge is 0.251 e. The van der Waals surface area contributed by atoms with Crippen LogP contribution < -0.4 is 10.6 Å². The lowest BCUT2D eigenvalue weighted by molar-refractivity contribution is -0.116. The van der Waals surface area contributed by atoms with E-state index in [1.807, 2.05) is 12.3 Å². The lowest BCUT2D eigenvalue weighted by Crippen LogP contribution is -2.26. The van der Waals surface area contributed by atoms with Crippen molar-refractivity contribution in [1.29, 1.82) is 0 Å². The SMILES string of the molecule is CSCCNC(=O)c1ccc2c(c1)CCC(=O)N2. The second kappa shape index (κ2) is 5.91. The fourth-order valence-corrected chi connectivity index (χ4v) is 2.20. The van der Waals surface area contributed by atoms with Crippen LogP contribution >= 0.6 is 11.8 Å². The summed E-state index contributed by atoms with van der Waals surface area (Å²) in [6.45, 7) is 0.674. The Morgan fingerprint density at radius 3 is 3.06 bits per heavy atom. The number of hydrogen-bond acceptors (Lipinski definition) is 3. The monoisotopic (exact) mass is 264 g/mol. The van der Waals surface area contributed by atoms with E-state index in [9.17, 15) is 9.59 Å². The normalized spacial score (nSPS) is 13.7. The minimum atomic E-state index is -0.0521. The zero-order valence-corrected chi connectivity index (χ0v) is 11.1. The van der Waals surface area contributed by atoms with E-state index in [2.05, 4.69) is 10.6 Å². The topological polar surface area (TPSA) is 58.2 Å². The maximum absolute atomic E-state index is 11.9. The molecule has 0 saturated heterocycles. The molecule has 0 aromatic heterocycles. The van der Waals surface area contributed by atoms with Gasteiger partial charge in [0.25, 0.3) is 5.91 Å². The molecule has 0 aliphatic carbocycles. The molecule has 2 amide bonds. The first-order valence-electron chi connectivity index (χ1n) is 5.90. The summed E-state index contributed by atoms with van der Waals surface area (Å²) in [5.74, 6) is 0.899. The molecule has 1 aromatic carbocycles. The molecule has 96 valence electrons. The van der Waals surface area contributed by atoms with Crippen LogP contribution in [-0.2, 0) is 11.2 Å². The molecule has 0 fully saturated rings. The predicted octanol–water partition coefficient (Wildman–Crippen LogP) is 1.66. The van der Waals surface area contributed by atoms with Crippen molar-refractivity contribution in [2.45, 2.75) is 12.8 Å². The molecule has 1 heterocycles. The molecule has 1 aromatic rings. The summed E-state index contributed by atoms with van der Waals surface area (Å²) in [6.07, 6.45) is 3.20. The molecular weight excluding hydrogens is 248 g/mol. The number of fused-ring (bicyclic) bond motifs is 1. The molecule has 1 aliphatic rings.